The Labute approximate surface area is 116 Å². The molecule has 0 amide bonds. The number of aromatic amines is 1. The molecular weight excluding hydrogens is 238 g/mol. The summed E-state index contributed by atoms with van der Waals surface area (Å²) in [6.45, 7) is 11.0. The lowest BCUT2D eigenvalue weighted by Crippen LogP contribution is -2.69. The number of nitrogens with one attached hydrogen (secondary N) is 2. The van der Waals surface area contributed by atoms with Crippen molar-refractivity contribution < 1.29 is 4.74 Å². The highest BCUT2D eigenvalue weighted by atomic mass is 16.5. The van der Waals surface area contributed by atoms with Crippen LogP contribution in [0.25, 0.3) is 0 Å². The second-order valence-corrected chi connectivity index (χ2v) is 6.73. The molecule has 1 aliphatic carbocycles. The van der Waals surface area contributed by atoms with Gasteiger partial charge in [0.1, 0.15) is 0 Å². The molecule has 19 heavy (non-hydrogen) atoms. The van der Waals surface area contributed by atoms with E-state index >= 15 is 0 Å². The molecule has 2 N–H and O–H groups in total. The number of H-pyrrole nitrogens is 1. The van der Waals surface area contributed by atoms with Crippen molar-refractivity contribution in [2.75, 3.05) is 7.11 Å². The van der Waals surface area contributed by atoms with Crippen LogP contribution < -0.4 is 5.32 Å². The van der Waals surface area contributed by atoms with E-state index in [-0.39, 0.29) is 11.0 Å². The molecule has 0 spiro atoms. The van der Waals surface area contributed by atoms with Crippen LogP contribution in [0.5, 0.6) is 0 Å². The van der Waals surface area contributed by atoms with Gasteiger partial charge in [-0.3, -0.25) is 5.10 Å². The van der Waals surface area contributed by atoms with Gasteiger partial charge in [-0.25, -0.2) is 0 Å². The number of methoxy groups -OCH3 is 1. The van der Waals surface area contributed by atoms with Crippen molar-refractivity contribution in [1.82, 2.24) is 15.5 Å². The predicted octanol–water partition coefficient (Wildman–Crippen LogP) is 2.44. The quantitative estimate of drug-likeness (QED) is 0.859. The summed E-state index contributed by atoms with van der Waals surface area (Å²) >= 11 is 0. The van der Waals surface area contributed by atoms with E-state index in [1.54, 1.807) is 0 Å². The van der Waals surface area contributed by atoms with Crippen LogP contribution in [-0.4, -0.2) is 35.0 Å². The molecule has 4 heteroatoms. The first kappa shape index (κ1) is 14.5. The predicted molar refractivity (Wildman–Crippen MR) is 77.2 cm³/mol. The molecule has 1 aliphatic rings. The summed E-state index contributed by atoms with van der Waals surface area (Å²) in [4.78, 5) is 0. The molecule has 0 saturated heterocycles. The van der Waals surface area contributed by atoms with Gasteiger partial charge >= 0.3 is 0 Å². The van der Waals surface area contributed by atoms with Gasteiger partial charge in [0.2, 0.25) is 0 Å². The zero-order valence-electron chi connectivity index (χ0n) is 13.0. The van der Waals surface area contributed by atoms with E-state index in [0.717, 1.165) is 24.2 Å². The minimum absolute atomic E-state index is 0.00664. The average molecular weight is 265 g/mol. The molecule has 3 atom stereocenters. The van der Waals surface area contributed by atoms with Gasteiger partial charge in [0.25, 0.3) is 0 Å². The van der Waals surface area contributed by atoms with Crippen LogP contribution in [0.1, 0.15) is 45.5 Å². The number of aryl methyl sites for hydroxylation is 1. The van der Waals surface area contributed by atoms with Crippen LogP contribution >= 0.6 is 0 Å². The molecule has 1 saturated carbocycles. The van der Waals surface area contributed by atoms with E-state index in [4.69, 9.17) is 4.74 Å². The van der Waals surface area contributed by atoms with Crippen molar-refractivity contribution in [1.29, 1.82) is 0 Å². The number of aromatic nitrogens is 2. The smallest absolute Gasteiger partial charge is 0.0731 e. The fraction of sp³-hybridized carbons (Fsp3) is 0.800. The van der Waals surface area contributed by atoms with E-state index in [1.807, 2.05) is 14.0 Å². The minimum Gasteiger partial charge on any atom is -0.378 e. The Morgan fingerprint density at radius 2 is 2.21 bits per heavy atom. The Kier molecular flexibility index (Phi) is 3.76. The molecule has 0 aromatic carbocycles. The number of hydrogen-bond donors (Lipinski definition) is 2. The highest BCUT2D eigenvalue weighted by Crippen LogP contribution is 2.51. The molecule has 1 heterocycles. The highest BCUT2D eigenvalue weighted by Gasteiger charge is 2.57. The van der Waals surface area contributed by atoms with Gasteiger partial charge in [-0.05, 0) is 33.3 Å². The number of rotatable bonds is 5. The maximum atomic E-state index is 5.66. The summed E-state index contributed by atoms with van der Waals surface area (Å²) in [6, 6.07) is 3.05. The molecule has 108 valence electrons. The standard InChI is InChI=1S/C15H27N3O/c1-10(7-12-8-11(2)17-18-12)16-13-9-15(5,19-6)14(13,3)4/h8,10,13,16H,7,9H2,1-6H3,(H,17,18). The third-order valence-corrected chi connectivity index (χ3v) is 5.04. The lowest BCUT2D eigenvalue weighted by atomic mass is 9.55. The molecule has 1 aromatic heterocycles. The highest BCUT2D eigenvalue weighted by molar-refractivity contribution is 5.13. The second-order valence-electron chi connectivity index (χ2n) is 6.73. The van der Waals surface area contributed by atoms with Crippen molar-refractivity contribution >= 4 is 0 Å². The third-order valence-electron chi connectivity index (χ3n) is 5.04. The first-order valence-corrected chi connectivity index (χ1v) is 7.10. The van der Waals surface area contributed by atoms with Gasteiger partial charge in [0.15, 0.2) is 0 Å². The molecule has 4 nitrogen and oxygen atoms in total. The minimum atomic E-state index is -0.00664. The molecule has 0 bridgehead atoms. The summed E-state index contributed by atoms with van der Waals surface area (Å²) in [7, 11) is 1.81. The Hall–Kier alpha value is -0.870. The van der Waals surface area contributed by atoms with Crippen molar-refractivity contribution in [3.05, 3.63) is 17.5 Å². The first-order valence-electron chi connectivity index (χ1n) is 7.10. The Morgan fingerprint density at radius 3 is 2.68 bits per heavy atom. The molecule has 0 aliphatic heterocycles. The van der Waals surface area contributed by atoms with Crippen molar-refractivity contribution in [2.24, 2.45) is 5.41 Å². The van der Waals surface area contributed by atoms with Gasteiger partial charge in [-0.15, -0.1) is 0 Å². The van der Waals surface area contributed by atoms with Gasteiger partial charge in [0.05, 0.1) is 11.3 Å². The SMILES string of the molecule is COC1(C)CC(NC(C)Cc2cc(C)[nH]n2)C1(C)C. The first-order chi connectivity index (χ1) is 8.78. The van der Waals surface area contributed by atoms with Crippen LogP contribution in [0, 0.1) is 12.3 Å². The Balaban J connectivity index is 1.89. The van der Waals surface area contributed by atoms with Crippen LogP contribution in [0.2, 0.25) is 0 Å². The maximum Gasteiger partial charge on any atom is 0.0731 e. The van der Waals surface area contributed by atoms with E-state index in [9.17, 15) is 0 Å². The van der Waals surface area contributed by atoms with Crippen LogP contribution in [-0.2, 0) is 11.2 Å². The monoisotopic (exact) mass is 265 g/mol. The molecule has 0 radical (unpaired) electrons. The normalized spacial score (nSPS) is 30.9. The molecule has 1 fully saturated rings. The van der Waals surface area contributed by atoms with E-state index in [0.29, 0.717) is 12.1 Å². The third kappa shape index (κ3) is 2.56. The largest absolute Gasteiger partial charge is 0.378 e. The fourth-order valence-corrected chi connectivity index (χ4v) is 3.05. The zero-order chi connectivity index (χ0) is 14.3. The van der Waals surface area contributed by atoms with Gasteiger partial charge in [0, 0.05) is 36.7 Å². The maximum absolute atomic E-state index is 5.66. The summed E-state index contributed by atoms with van der Waals surface area (Å²) in [5.41, 5.74) is 2.41. The number of hydrogen-bond acceptors (Lipinski definition) is 3. The summed E-state index contributed by atoms with van der Waals surface area (Å²) < 4.78 is 5.66. The van der Waals surface area contributed by atoms with Crippen LogP contribution in [0.15, 0.2) is 6.07 Å². The lowest BCUT2D eigenvalue weighted by molar-refractivity contribution is -0.182. The fourth-order valence-electron chi connectivity index (χ4n) is 3.05. The van der Waals surface area contributed by atoms with Gasteiger partial charge in [-0.1, -0.05) is 13.8 Å². The van der Waals surface area contributed by atoms with E-state index in [1.165, 1.54) is 0 Å². The number of ether oxygens (including phenoxy) is 1. The van der Waals surface area contributed by atoms with Gasteiger partial charge in [-0.2, -0.15) is 5.10 Å². The zero-order valence-corrected chi connectivity index (χ0v) is 13.0. The van der Waals surface area contributed by atoms with E-state index in [2.05, 4.69) is 49.3 Å². The molecular formula is C15H27N3O. The second kappa shape index (κ2) is 4.91. The number of nitrogens with zero attached hydrogens (tertiary/aromatic N) is 1. The van der Waals surface area contributed by atoms with Crippen molar-refractivity contribution in [2.45, 2.75) is 65.1 Å². The topological polar surface area (TPSA) is 49.9 Å². The Morgan fingerprint density at radius 1 is 1.53 bits per heavy atom. The summed E-state index contributed by atoms with van der Waals surface area (Å²) in [5.74, 6) is 0. The van der Waals surface area contributed by atoms with Crippen molar-refractivity contribution in [3.63, 3.8) is 0 Å². The van der Waals surface area contributed by atoms with Crippen LogP contribution in [0.4, 0.5) is 0 Å². The lowest BCUT2D eigenvalue weighted by Gasteiger charge is -2.60. The molecule has 3 unspecified atom stereocenters. The Bertz CT molecular complexity index is 440. The average Bonchev–Trinajstić information content (AvgIpc) is 2.73. The summed E-state index contributed by atoms with van der Waals surface area (Å²) in [5, 5.41) is 11.0. The van der Waals surface area contributed by atoms with Gasteiger partial charge < -0.3 is 10.1 Å². The van der Waals surface area contributed by atoms with E-state index < -0.39 is 0 Å². The molecule has 1 aromatic rings. The van der Waals surface area contributed by atoms with Crippen LogP contribution in [0.3, 0.4) is 0 Å². The van der Waals surface area contributed by atoms with Crippen molar-refractivity contribution in [3.8, 4) is 0 Å². The summed E-state index contributed by atoms with van der Waals surface area (Å²) in [6.07, 6.45) is 2.03. The molecule has 2 rings (SSSR count).